The average molecular weight is 212 g/mol. The maximum atomic E-state index is 13.3. The van der Waals surface area contributed by atoms with E-state index in [0.29, 0.717) is 13.0 Å². The van der Waals surface area contributed by atoms with Crippen molar-refractivity contribution in [3.05, 3.63) is 24.1 Å². The van der Waals surface area contributed by atoms with Gasteiger partial charge in [0.1, 0.15) is 0 Å². The molecule has 5 heteroatoms. The van der Waals surface area contributed by atoms with Crippen LogP contribution < -0.4 is 4.90 Å². The molecule has 1 aromatic heterocycles. The van der Waals surface area contributed by atoms with E-state index in [1.807, 2.05) is 0 Å². The van der Waals surface area contributed by atoms with Gasteiger partial charge in [0.2, 0.25) is 5.91 Å². The molecule has 1 aliphatic heterocycles. The van der Waals surface area contributed by atoms with E-state index in [9.17, 15) is 9.18 Å². The molecular weight excluding hydrogens is 203 g/mol. The lowest BCUT2D eigenvalue weighted by molar-refractivity contribution is -0.117. The molecule has 0 saturated carbocycles. The van der Waals surface area contributed by atoms with Crippen LogP contribution in [0.2, 0.25) is 0 Å². The summed E-state index contributed by atoms with van der Waals surface area (Å²) >= 11 is 4.18. The maximum Gasteiger partial charge on any atom is 0.229 e. The number of carbonyl (C=O) groups excluding carboxylic acids is 1. The fourth-order valence-corrected chi connectivity index (χ4v) is 1.79. The molecule has 0 radical (unpaired) electrons. The van der Waals surface area contributed by atoms with Crippen molar-refractivity contribution in [1.29, 1.82) is 0 Å². The molecule has 3 nitrogen and oxygen atoms in total. The van der Waals surface area contributed by atoms with Gasteiger partial charge in [-0.3, -0.25) is 9.69 Å². The molecule has 1 fully saturated rings. The number of aromatic nitrogens is 1. The zero-order valence-corrected chi connectivity index (χ0v) is 8.25. The quantitative estimate of drug-likeness (QED) is 0.711. The summed E-state index contributed by atoms with van der Waals surface area (Å²) in [5.74, 6) is -0.486. The molecule has 0 aromatic carbocycles. The van der Waals surface area contributed by atoms with E-state index in [0.717, 1.165) is 0 Å². The molecule has 2 rings (SSSR count). The van der Waals surface area contributed by atoms with Crippen LogP contribution >= 0.6 is 12.6 Å². The summed E-state index contributed by atoms with van der Waals surface area (Å²) < 4.78 is 13.3. The third-order valence-corrected chi connectivity index (χ3v) is 2.45. The van der Waals surface area contributed by atoms with E-state index in [2.05, 4.69) is 17.6 Å². The molecule has 1 amide bonds. The Morgan fingerprint density at radius 3 is 3.00 bits per heavy atom. The topological polar surface area (TPSA) is 33.2 Å². The van der Waals surface area contributed by atoms with Gasteiger partial charge in [-0.05, 0) is 12.1 Å². The molecular formula is C9H9FN2OS. The molecule has 0 bridgehead atoms. The van der Waals surface area contributed by atoms with E-state index >= 15 is 0 Å². The second-order valence-corrected chi connectivity index (χ2v) is 3.90. The van der Waals surface area contributed by atoms with Gasteiger partial charge in [0.15, 0.2) is 11.6 Å². The van der Waals surface area contributed by atoms with Gasteiger partial charge in [-0.2, -0.15) is 12.6 Å². The van der Waals surface area contributed by atoms with Gasteiger partial charge in [-0.1, -0.05) is 0 Å². The highest BCUT2D eigenvalue weighted by Crippen LogP contribution is 2.23. The smallest absolute Gasteiger partial charge is 0.229 e. The van der Waals surface area contributed by atoms with E-state index < -0.39 is 5.82 Å². The first kappa shape index (κ1) is 9.45. The molecule has 0 N–H and O–H groups in total. The number of carbonyl (C=O) groups is 1. The van der Waals surface area contributed by atoms with Crippen molar-refractivity contribution >= 4 is 24.4 Å². The number of anilines is 1. The lowest BCUT2D eigenvalue weighted by atomic mass is 10.4. The molecule has 0 aliphatic carbocycles. The lowest BCUT2D eigenvalue weighted by Crippen LogP contribution is -2.26. The minimum absolute atomic E-state index is 0.0242. The molecule has 14 heavy (non-hydrogen) atoms. The number of halogens is 1. The van der Waals surface area contributed by atoms with E-state index in [4.69, 9.17) is 0 Å². The first-order valence-corrected chi connectivity index (χ1v) is 4.79. The van der Waals surface area contributed by atoms with Gasteiger partial charge >= 0.3 is 0 Å². The van der Waals surface area contributed by atoms with Crippen LogP contribution in [-0.2, 0) is 4.79 Å². The highest BCUT2D eigenvalue weighted by atomic mass is 32.1. The first-order valence-electron chi connectivity index (χ1n) is 4.27. The highest BCUT2D eigenvalue weighted by Gasteiger charge is 2.30. The Kier molecular flexibility index (Phi) is 2.41. The summed E-state index contributed by atoms with van der Waals surface area (Å²) in [6.45, 7) is 0.426. The summed E-state index contributed by atoms with van der Waals surface area (Å²) in [5.41, 5.74) is 0. The van der Waals surface area contributed by atoms with Crippen molar-refractivity contribution in [1.82, 2.24) is 4.98 Å². The molecule has 1 unspecified atom stereocenters. The van der Waals surface area contributed by atoms with Crippen LogP contribution in [0.3, 0.4) is 0 Å². The minimum atomic E-state index is -0.469. The molecule has 1 aliphatic rings. The van der Waals surface area contributed by atoms with E-state index in [1.54, 1.807) is 0 Å². The van der Waals surface area contributed by atoms with Crippen molar-refractivity contribution in [2.45, 2.75) is 11.7 Å². The second kappa shape index (κ2) is 3.57. The second-order valence-electron chi connectivity index (χ2n) is 3.17. The Balaban J connectivity index is 2.32. The van der Waals surface area contributed by atoms with Crippen LogP contribution in [0.1, 0.15) is 6.42 Å². The van der Waals surface area contributed by atoms with Gasteiger partial charge in [0, 0.05) is 24.4 Å². The van der Waals surface area contributed by atoms with Crippen LogP contribution in [0.15, 0.2) is 18.3 Å². The number of amides is 1. The standard InChI is InChI=1S/C9H9FN2OS/c10-7-2-1-3-11-9(7)12-5-6(14)4-8(12)13/h1-3,6,14H,4-5H2. The molecule has 1 aromatic rings. The van der Waals surface area contributed by atoms with Crippen LogP contribution in [0, 0.1) is 5.82 Å². The van der Waals surface area contributed by atoms with E-state index in [-0.39, 0.29) is 17.0 Å². The molecule has 74 valence electrons. The summed E-state index contributed by atoms with van der Waals surface area (Å²) in [6.07, 6.45) is 1.82. The number of rotatable bonds is 1. The fraction of sp³-hybridized carbons (Fsp3) is 0.333. The Morgan fingerprint density at radius 1 is 1.64 bits per heavy atom. The number of thiol groups is 1. The third kappa shape index (κ3) is 1.59. The number of pyridine rings is 1. The fourth-order valence-electron chi connectivity index (χ4n) is 1.47. The Morgan fingerprint density at radius 2 is 2.43 bits per heavy atom. The largest absolute Gasteiger partial charge is 0.293 e. The Labute approximate surface area is 86.3 Å². The van der Waals surface area contributed by atoms with Crippen molar-refractivity contribution in [3.8, 4) is 0 Å². The minimum Gasteiger partial charge on any atom is -0.293 e. The SMILES string of the molecule is O=C1CC(S)CN1c1ncccc1F. The Hall–Kier alpha value is -1.10. The summed E-state index contributed by atoms with van der Waals surface area (Å²) in [5, 5.41) is -0.0242. The molecule has 1 saturated heterocycles. The zero-order chi connectivity index (χ0) is 10.1. The summed E-state index contributed by atoms with van der Waals surface area (Å²) in [4.78, 5) is 16.6. The third-order valence-electron chi connectivity index (χ3n) is 2.10. The predicted molar refractivity (Wildman–Crippen MR) is 53.9 cm³/mol. The molecule has 1 atom stereocenters. The Bertz CT molecular complexity index is 372. The van der Waals surface area contributed by atoms with Crippen molar-refractivity contribution in [3.63, 3.8) is 0 Å². The van der Waals surface area contributed by atoms with Gasteiger partial charge in [-0.25, -0.2) is 9.37 Å². The van der Waals surface area contributed by atoms with Gasteiger partial charge in [-0.15, -0.1) is 0 Å². The van der Waals surface area contributed by atoms with Crippen molar-refractivity contribution < 1.29 is 9.18 Å². The number of nitrogens with zero attached hydrogens (tertiary/aromatic N) is 2. The van der Waals surface area contributed by atoms with Gasteiger partial charge < -0.3 is 0 Å². The predicted octanol–water partition coefficient (Wildman–Crippen LogP) is 1.26. The number of hydrogen-bond acceptors (Lipinski definition) is 3. The average Bonchev–Trinajstić information content (AvgIpc) is 2.46. The van der Waals surface area contributed by atoms with Crippen LogP contribution in [0.5, 0.6) is 0 Å². The van der Waals surface area contributed by atoms with Crippen LogP contribution in [0.25, 0.3) is 0 Å². The van der Waals surface area contributed by atoms with Crippen molar-refractivity contribution in [2.75, 3.05) is 11.4 Å². The number of hydrogen-bond donors (Lipinski definition) is 1. The normalized spacial score (nSPS) is 21.7. The zero-order valence-electron chi connectivity index (χ0n) is 7.35. The maximum absolute atomic E-state index is 13.3. The molecule has 2 heterocycles. The van der Waals surface area contributed by atoms with E-state index in [1.165, 1.54) is 23.2 Å². The van der Waals surface area contributed by atoms with Crippen LogP contribution in [0.4, 0.5) is 10.2 Å². The van der Waals surface area contributed by atoms with Crippen LogP contribution in [-0.4, -0.2) is 22.7 Å². The summed E-state index contributed by atoms with van der Waals surface area (Å²) in [6, 6.07) is 2.79. The summed E-state index contributed by atoms with van der Waals surface area (Å²) in [7, 11) is 0. The van der Waals surface area contributed by atoms with Gasteiger partial charge in [0.05, 0.1) is 0 Å². The van der Waals surface area contributed by atoms with Gasteiger partial charge in [0.25, 0.3) is 0 Å². The van der Waals surface area contributed by atoms with Crippen molar-refractivity contribution in [2.24, 2.45) is 0 Å². The monoisotopic (exact) mass is 212 g/mol. The molecule has 0 spiro atoms. The highest BCUT2D eigenvalue weighted by molar-refractivity contribution is 7.81. The first-order chi connectivity index (χ1) is 6.68. The lowest BCUT2D eigenvalue weighted by Gasteiger charge is -2.14.